The van der Waals surface area contributed by atoms with Gasteiger partial charge in [-0.2, -0.15) is 0 Å². The van der Waals surface area contributed by atoms with Crippen LogP contribution in [0.3, 0.4) is 0 Å². The topological polar surface area (TPSA) is 114 Å². The smallest absolute Gasteiger partial charge is 0.313 e. The number of imidazole rings is 1. The number of fused-ring (bicyclic) bond motifs is 3. The van der Waals surface area contributed by atoms with Gasteiger partial charge in [-0.05, 0) is 26.8 Å². The van der Waals surface area contributed by atoms with Crippen LogP contribution >= 0.6 is 0 Å². The maximum absolute atomic E-state index is 11.5. The number of nitrogens with zero attached hydrogens (tertiary/aromatic N) is 3. The molecule has 0 spiro atoms. The van der Waals surface area contributed by atoms with Gasteiger partial charge in [-0.1, -0.05) is 18.2 Å². The van der Waals surface area contributed by atoms with Gasteiger partial charge >= 0.3 is 5.97 Å². The van der Waals surface area contributed by atoms with Crippen molar-refractivity contribution in [1.29, 1.82) is 0 Å². The zero-order valence-corrected chi connectivity index (χ0v) is 13.8. The van der Waals surface area contributed by atoms with Crippen molar-refractivity contribution < 1.29 is 15.0 Å². The van der Waals surface area contributed by atoms with Gasteiger partial charge < -0.3 is 20.5 Å². The van der Waals surface area contributed by atoms with Crippen LogP contribution in [0.5, 0.6) is 0 Å². The zero-order valence-electron chi connectivity index (χ0n) is 13.8. The van der Waals surface area contributed by atoms with E-state index in [2.05, 4.69) is 9.97 Å². The minimum atomic E-state index is -1.04. The van der Waals surface area contributed by atoms with Crippen molar-refractivity contribution in [2.45, 2.75) is 38.8 Å². The molecule has 4 N–H and O–H groups in total. The average Bonchev–Trinajstić information content (AvgIpc) is 2.85. The van der Waals surface area contributed by atoms with Gasteiger partial charge in [0.25, 0.3) is 0 Å². The summed E-state index contributed by atoms with van der Waals surface area (Å²) in [6.45, 7) is 5.10. The number of carboxylic acids is 1. The first-order chi connectivity index (χ1) is 11.2. The van der Waals surface area contributed by atoms with Gasteiger partial charge in [0.05, 0.1) is 23.2 Å². The fraction of sp³-hybridized carbons (Fsp3) is 0.353. The number of carboxylic acid groups (broad SMARTS) is 1. The molecule has 1 atom stereocenters. The van der Waals surface area contributed by atoms with E-state index < -0.39 is 17.5 Å². The van der Waals surface area contributed by atoms with Gasteiger partial charge in [0.2, 0.25) is 0 Å². The summed E-state index contributed by atoms with van der Waals surface area (Å²) in [7, 11) is 0. The van der Waals surface area contributed by atoms with Gasteiger partial charge in [0.1, 0.15) is 17.3 Å². The summed E-state index contributed by atoms with van der Waals surface area (Å²) in [6, 6.07) is 7.47. The highest BCUT2D eigenvalue weighted by atomic mass is 16.4. The predicted octanol–water partition coefficient (Wildman–Crippen LogP) is 2.13. The largest absolute Gasteiger partial charge is 0.481 e. The highest BCUT2D eigenvalue weighted by Crippen LogP contribution is 2.32. The molecule has 0 saturated heterocycles. The zero-order chi connectivity index (χ0) is 17.6. The number of nitrogen functional groups attached to an aromatic ring is 1. The first kappa shape index (κ1) is 16.2. The number of para-hydroxylation sites is 1. The average molecular weight is 328 g/mol. The third-order valence-electron chi connectivity index (χ3n) is 3.94. The molecule has 126 valence electrons. The molecule has 1 unspecified atom stereocenters. The molecule has 0 aliphatic carbocycles. The van der Waals surface area contributed by atoms with E-state index >= 15 is 0 Å². The summed E-state index contributed by atoms with van der Waals surface area (Å²) in [5.41, 5.74) is 6.87. The number of carbonyl (C=O) groups is 1. The molecule has 24 heavy (non-hydrogen) atoms. The van der Waals surface area contributed by atoms with Crippen LogP contribution in [0.15, 0.2) is 24.3 Å². The number of rotatable bonds is 4. The summed E-state index contributed by atoms with van der Waals surface area (Å²) < 4.78 is 1.74. The minimum Gasteiger partial charge on any atom is -0.481 e. The number of hydrogen-bond acceptors (Lipinski definition) is 5. The second-order valence-corrected chi connectivity index (χ2v) is 6.64. The fourth-order valence-electron chi connectivity index (χ4n) is 2.86. The lowest BCUT2D eigenvalue weighted by molar-refractivity contribution is -0.138. The van der Waals surface area contributed by atoms with Gasteiger partial charge in [0.15, 0.2) is 5.82 Å². The molecule has 0 amide bonds. The van der Waals surface area contributed by atoms with Crippen LogP contribution in [-0.4, -0.2) is 36.3 Å². The third-order valence-corrected chi connectivity index (χ3v) is 3.94. The van der Waals surface area contributed by atoms with E-state index in [9.17, 15) is 15.0 Å². The summed E-state index contributed by atoms with van der Waals surface area (Å²) in [5, 5.41) is 20.5. The molecule has 0 aliphatic rings. The molecule has 2 aromatic heterocycles. The van der Waals surface area contributed by atoms with Gasteiger partial charge in [-0.15, -0.1) is 0 Å². The second kappa shape index (κ2) is 5.45. The van der Waals surface area contributed by atoms with Crippen molar-refractivity contribution in [2.75, 3.05) is 5.73 Å². The lowest BCUT2D eigenvalue weighted by Gasteiger charge is -2.21. The molecule has 0 fully saturated rings. The summed E-state index contributed by atoms with van der Waals surface area (Å²) in [4.78, 5) is 20.3. The second-order valence-electron chi connectivity index (χ2n) is 6.64. The maximum Gasteiger partial charge on any atom is 0.313 e. The van der Waals surface area contributed by atoms with Crippen molar-refractivity contribution in [3.8, 4) is 0 Å². The monoisotopic (exact) mass is 328 g/mol. The SMILES string of the molecule is CC(C(=O)O)c1nc2c(N)nc3ccccc3c2n1CC(C)(C)O. The molecule has 0 aliphatic heterocycles. The third kappa shape index (κ3) is 2.67. The predicted molar refractivity (Wildman–Crippen MR) is 91.8 cm³/mol. The van der Waals surface area contributed by atoms with E-state index in [0.29, 0.717) is 22.4 Å². The highest BCUT2D eigenvalue weighted by molar-refractivity contribution is 6.06. The van der Waals surface area contributed by atoms with E-state index in [1.165, 1.54) is 0 Å². The Morgan fingerprint density at radius 3 is 2.62 bits per heavy atom. The lowest BCUT2D eigenvalue weighted by atomic mass is 10.1. The number of benzene rings is 1. The number of aliphatic hydroxyl groups is 1. The van der Waals surface area contributed by atoms with Gasteiger partial charge in [-0.25, -0.2) is 9.97 Å². The standard InChI is InChI=1S/C17H20N4O3/c1-9(16(22)23)15-20-12-13(21(15)8-17(2,3)24)10-6-4-5-7-11(10)19-14(12)18/h4-7,9,24H,8H2,1-3H3,(H2,18,19)(H,22,23). The number of aromatic nitrogens is 3. The van der Waals surface area contributed by atoms with Crippen LogP contribution in [0.4, 0.5) is 5.82 Å². The minimum absolute atomic E-state index is 0.198. The molecular formula is C17H20N4O3. The molecule has 7 heteroatoms. The molecule has 0 saturated carbocycles. The van der Waals surface area contributed by atoms with Crippen LogP contribution < -0.4 is 5.73 Å². The maximum atomic E-state index is 11.5. The fourth-order valence-corrected chi connectivity index (χ4v) is 2.86. The Kier molecular flexibility index (Phi) is 3.68. The molecule has 0 radical (unpaired) electrons. The van der Waals surface area contributed by atoms with Crippen LogP contribution in [0, 0.1) is 0 Å². The van der Waals surface area contributed by atoms with E-state index in [0.717, 1.165) is 5.39 Å². The summed E-state index contributed by atoms with van der Waals surface area (Å²) in [5.74, 6) is -1.22. The van der Waals surface area contributed by atoms with Crippen molar-refractivity contribution in [2.24, 2.45) is 0 Å². The Morgan fingerprint density at radius 1 is 1.33 bits per heavy atom. The normalized spacial score (nSPS) is 13.5. The number of hydrogen-bond donors (Lipinski definition) is 3. The molecule has 2 heterocycles. The Bertz CT molecular complexity index is 940. The molecule has 3 rings (SSSR count). The van der Waals surface area contributed by atoms with Crippen molar-refractivity contribution in [3.05, 3.63) is 30.1 Å². The number of anilines is 1. The number of aliphatic carboxylic acids is 1. The Morgan fingerprint density at radius 2 is 2.00 bits per heavy atom. The quantitative estimate of drug-likeness (QED) is 0.676. The van der Waals surface area contributed by atoms with E-state index in [4.69, 9.17) is 5.73 Å². The number of nitrogens with two attached hydrogens (primary N) is 1. The van der Waals surface area contributed by atoms with Crippen molar-refractivity contribution >= 4 is 33.7 Å². The van der Waals surface area contributed by atoms with Gasteiger partial charge in [0, 0.05) is 5.39 Å². The van der Waals surface area contributed by atoms with Crippen molar-refractivity contribution in [1.82, 2.24) is 14.5 Å². The highest BCUT2D eigenvalue weighted by Gasteiger charge is 2.27. The van der Waals surface area contributed by atoms with Crippen LogP contribution in [0.25, 0.3) is 21.9 Å². The van der Waals surface area contributed by atoms with E-state index in [1.807, 2.05) is 24.3 Å². The Hall–Kier alpha value is -2.67. The van der Waals surface area contributed by atoms with Gasteiger partial charge in [-0.3, -0.25) is 4.79 Å². The number of pyridine rings is 1. The molecule has 1 aromatic carbocycles. The molecule has 3 aromatic rings. The first-order valence-electron chi connectivity index (χ1n) is 7.68. The molecular weight excluding hydrogens is 308 g/mol. The Balaban J connectivity index is 2.44. The first-order valence-corrected chi connectivity index (χ1v) is 7.68. The Labute approximate surface area is 138 Å². The van der Waals surface area contributed by atoms with Crippen LogP contribution in [-0.2, 0) is 11.3 Å². The molecule has 0 bridgehead atoms. The lowest BCUT2D eigenvalue weighted by Crippen LogP contribution is -2.28. The summed E-state index contributed by atoms with van der Waals surface area (Å²) in [6.07, 6.45) is 0. The van der Waals surface area contributed by atoms with Crippen molar-refractivity contribution in [3.63, 3.8) is 0 Å². The summed E-state index contributed by atoms with van der Waals surface area (Å²) >= 11 is 0. The van der Waals surface area contributed by atoms with Crippen LogP contribution in [0.1, 0.15) is 32.5 Å². The molecule has 7 nitrogen and oxygen atoms in total. The van der Waals surface area contributed by atoms with Crippen LogP contribution in [0.2, 0.25) is 0 Å². The van der Waals surface area contributed by atoms with E-state index in [-0.39, 0.29) is 12.4 Å². The van der Waals surface area contributed by atoms with E-state index in [1.54, 1.807) is 25.3 Å².